The zero-order valence-corrected chi connectivity index (χ0v) is 7.98. The zero-order chi connectivity index (χ0) is 8.27. The molecule has 0 saturated heterocycles. The standard InChI is InChI=1S/C9H13NS/c1-10(2)8-4-6-9(11-3)7-5-8/h4-7H,1-3H3/i1+1,2+1. The van der Waals surface area contributed by atoms with Gasteiger partial charge in [-0.1, -0.05) is 0 Å². The molecule has 0 aliphatic rings. The lowest BCUT2D eigenvalue weighted by molar-refractivity contribution is 1.13. The van der Waals surface area contributed by atoms with Crippen LogP contribution in [0.15, 0.2) is 29.2 Å². The third-order valence-electron chi connectivity index (χ3n) is 1.59. The Kier molecular flexibility index (Phi) is 2.83. The molecule has 2 heteroatoms. The molecule has 0 heterocycles. The van der Waals surface area contributed by atoms with E-state index in [0.717, 1.165) is 0 Å². The highest BCUT2D eigenvalue weighted by Crippen LogP contribution is 2.18. The van der Waals surface area contributed by atoms with Gasteiger partial charge in [0.1, 0.15) is 0 Å². The third-order valence-corrected chi connectivity index (χ3v) is 2.33. The SMILES string of the molecule is CSc1ccc(N([13CH3])[13CH3])cc1. The Morgan fingerprint density at radius 2 is 1.64 bits per heavy atom. The van der Waals surface area contributed by atoms with Crippen LogP contribution in [0.3, 0.4) is 0 Å². The Labute approximate surface area is 72.4 Å². The molecule has 1 nitrogen and oxygen atoms in total. The molecule has 0 bridgehead atoms. The molecule has 0 N–H and O–H groups in total. The van der Waals surface area contributed by atoms with Crippen LogP contribution in [0.5, 0.6) is 0 Å². The first-order chi connectivity index (χ1) is 5.24. The third kappa shape index (κ3) is 2.15. The number of nitrogens with zero attached hydrogens (tertiary/aromatic N) is 1. The van der Waals surface area contributed by atoms with Crippen LogP contribution in [0.25, 0.3) is 0 Å². The maximum Gasteiger partial charge on any atom is 0.0361 e. The van der Waals surface area contributed by atoms with Crippen LogP contribution in [-0.2, 0) is 0 Å². The number of hydrogen-bond acceptors (Lipinski definition) is 2. The molecule has 60 valence electrons. The molecule has 0 saturated carbocycles. The van der Waals surface area contributed by atoms with Crippen LogP contribution in [0.1, 0.15) is 0 Å². The second kappa shape index (κ2) is 3.67. The fraction of sp³-hybridized carbons (Fsp3) is 0.333. The van der Waals surface area contributed by atoms with Crippen molar-refractivity contribution in [2.75, 3.05) is 25.3 Å². The van der Waals surface area contributed by atoms with E-state index in [9.17, 15) is 0 Å². The number of thioether (sulfide) groups is 1. The van der Waals surface area contributed by atoms with Gasteiger partial charge in [0.25, 0.3) is 0 Å². The molecule has 0 fully saturated rings. The summed E-state index contributed by atoms with van der Waals surface area (Å²) in [6, 6.07) is 8.54. The average Bonchev–Trinajstić information content (AvgIpc) is 2.05. The predicted molar refractivity (Wildman–Crippen MR) is 52.6 cm³/mol. The van der Waals surface area contributed by atoms with E-state index < -0.39 is 0 Å². The monoisotopic (exact) mass is 169 g/mol. The van der Waals surface area contributed by atoms with E-state index in [1.165, 1.54) is 10.6 Å². The minimum Gasteiger partial charge on any atom is -0.378 e. The Hall–Kier alpha value is -0.630. The first kappa shape index (κ1) is 8.47. The second-order valence-corrected chi connectivity index (χ2v) is 3.47. The molecule has 0 aliphatic carbocycles. The van der Waals surface area contributed by atoms with Crippen molar-refractivity contribution in [2.24, 2.45) is 0 Å². The molecule has 0 radical (unpaired) electrons. The number of benzene rings is 1. The molecule has 0 amide bonds. The van der Waals surface area contributed by atoms with Crippen LogP contribution in [-0.4, -0.2) is 20.4 Å². The van der Waals surface area contributed by atoms with E-state index in [2.05, 4.69) is 35.4 Å². The average molecular weight is 169 g/mol. The highest BCUT2D eigenvalue weighted by Gasteiger charge is 1.93. The van der Waals surface area contributed by atoms with E-state index in [-0.39, 0.29) is 0 Å². The van der Waals surface area contributed by atoms with Crippen LogP contribution < -0.4 is 4.90 Å². The van der Waals surface area contributed by atoms with Crippen molar-refractivity contribution < 1.29 is 0 Å². The highest BCUT2D eigenvalue weighted by molar-refractivity contribution is 7.98. The Morgan fingerprint density at radius 3 is 2.00 bits per heavy atom. The zero-order valence-electron chi connectivity index (χ0n) is 7.16. The number of hydrogen-bond donors (Lipinski definition) is 0. The summed E-state index contributed by atoms with van der Waals surface area (Å²) in [6.45, 7) is 0. The lowest BCUT2D eigenvalue weighted by Crippen LogP contribution is -2.07. The molecule has 0 aliphatic heterocycles. The molecule has 11 heavy (non-hydrogen) atoms. The molecule has 0 unspecified atom stereocenters. The van der Waals surface area contributed by atoms with Crippen molar-refractivity contribution in [3.63, 3.8) is 0 Å². The normalized spacial score (nSPS) is 9.73. The molecule has 1 aromatic rings. The molecular formula is C9H13NS. The topological polar surface area (TPSA) is 3.24 Å². The van der Waals surface area contributed by atoms with E-state index in [1.807, 2.05) is 14.1 Å². The van der Waals surface area contributed by atoms with E-state index in [1.54, 1.807) is 11.8 Å². The molecular weight excluding hydrogens is 156 g/mol. The van der Waals surface area contributed by atoms with Crippen molar-refractivity contribution >= 4 is 17.4 Å². The highest BCUT2D eigenvalue weighted by atomic mass is 32.2. The van der Waals surface area contributed by atoms with Crippen molar-refractivity contribution in [3.05, 3.63) is 24.3 Å². The van der Waals surface area contributed by atoms with Gasteiger partial charge in [0.05, 0.1) is 0 Å². The van der Waals surface area contributed by atoms with Crippen LogP contribution in [0.2, 0.25) is 0 Å². The quantitative estimate of drug-likeness (QED) is 0.494. The fourth-order valence-corrected chi connectivity index (χ4v) is 1.29. The Bertz CT molecular complexity index is 216. The van der Waals surface area contributed by atoms with Gasteiger partial charge in [0.15, 0.2) is 0 Å². The smallest absolute Gasteiger partial charge is 0.0361 e. The van der Waals surface area contributed by atoms with E-state index in [4.69, 9.17) is 0 Å². The first-order valence-electron chi connectivity index (χ1n) is 3.55. The molecule has 1 aromatic carbocycles. The van der Waals surface area contributed by atoms with Crippen molar-refractivity contribution in [2.45, 2.75) is 4.90 Å². The summed E-state index contributed by atoms with van der Waals surface area (Å²) in [5, 5.41) is 0. The van der Waals surface area contributed by atoms with Gasteiger partial charge in [-0.15, -0.1) is 11.8 Å². The van der Waals surface area contributed by atoms with E-state index in [0.29, 0.717) is 0 Å². The van der Waals surface area contributed by atoms with Gasteiger partial charge < -0.3 is 4.90 Å². The molecule has 0 aromatic heterocycles. The second-order valence-electron chi connectivity index (χ2n) is 2.59. The van der Waals surface area contributed by atoms with Crippen LogP contribution in [0, 0.1) is 0 Å². The molecule has 1 rings (SSSR count). The number of rotatable bonds is 2. The maximum absolute atomic E-state index is 2.14. The largest absolute Gasteiger partial charge is 0.378 e. The lowest BCUT2D eigenvalue weighted by atomic mass is 10.3. The van der Waals surface area contributed by atoms with Gasteiger partial charge in [0, 0.05) is 24.7 Å². The maximum atomic E-state index is 2.14. The van der Waals surface area contributed by atoms with Crippen molar-refractivity contribution in [3.8, 4) is 0 Å². The van der Waals surface area contributed by atoms with E-state index >= 15 is 0 Å². The van der Waals surface area contributed by atoms with Crippen LogP contribution in [0.4, 0.5) is 5.69 Å². The fourth-order valence-electron chi connectivity index (χ4n) is 0.880. The minimum absolute atomic E-state index is 1.25. The summed E-state index contributed by atoms with van der Waals surface area (Å²) in [5.74, 6) is 0. The van der Waals surface area contributed by atoms with Gasteiger partial charge in [-0.2, -0.15) is 0 Å². The molecule has 0 spiro atoms. The summed E-state index contributed by atoms with van der Waals surface area (Å²) in [4.78, 5) is 3.42. The van der Waals surface area contributed by atoms with Gasteiger partial charge in [-0.05, 0) is 30.5 Å². The van der Waals surface area contributed by atoms with Crippen molar-refractivity contribution in [1.82, 2.24) is 0 Å². The minimum atomic E-state index is 1.25. The Balaban J connectivity index is 2.83. The summed E-state index contributed by atoms with van der Waals surface area (Å²) < 4.78 is 0. The first-order valence-corrected chi connectivity index (χ1v) is 4.78. The molecule has 0 atom stereocenters. The summed E-state index contributed by atoms with van der Waals surface area (Å²) in [7, 11) is 4.10. The summed E-state index contributed by atoms with van der Waals surface area (Å²) >= 11 is 1.77. The summed E-state index contributed by atoms with van der Waals surface area (Å²) in [5.41, 5.74) is 1.25. The van der Waals surface area contributed by atoms with Gasteiger partial charge in [-0.25, -0.2) is 0 Å². The van der Waals surface area contributed by atoms with Crippen molar-refractivity contribution in [1.29, 1.82) is 0 Å². The van der Waals surface area contributed by atoms with Gasteiger partial charge in [-0.3, -0.25) is 0 Å². The van der Waals surface area contributed by atoms with Crippen LogP contribution >= 0.6 is 11.8 Å². The predicted octanol–water partition coefficient (Wildman–Crippen LogP) is 2.47. The number of anilines is 1. The Morgan fingerprint density at radius 1 is 1.09 bits per heavy atom. The summed E-state index contributed by atoms with van der Waals surface area (Å²) in [6.07, 6.45) is 2.09. The van der Waals surface area contributed by atoms with Gasteiger partial charge in [0.2, 0.25) is 0 Å². The van der Waals surface area contributed by atoms with Gasteiger partial charge >= 0.3 is 0 Å². The lowest BCUT2D eigenvalue weighted by Gasteiger charge is -2.11.